The summed E-state index contributed by atoms with van der Waals surface area (Å²) >= 11 is -5.09. The van der Waals surface area contributed by atoms with E-state index in [9.17, 15) is 11.7 Å². The van der Waals surface area contributed by atoms with Gasteiger partial charge in [0.2, 0.25) is 11.2 Å². The van der Waals surface area contributed by atoms with Crippen LogP contribution in [0, 0.1) is 0 Å². The van der Waals surface area contributed by atoms with Gasteiger partial charge >= 0.3 is 0 Å². The molecule has 1 N–H and O–H groups in total. The topological polar surface area (TPSA) is 12.0 Å². The molecule has 0 aromatic heterocycles. The minimum absolute atomic E-state index is 0.270. The summed E-state index contributed by atoms with van der Waals surface area (Å²) in [6.45, 7) is 4.39. The monoisotopic (exact) mass is 237 g/mol. The van der Waals surface area contributed by atoms with Gasteiger partial charge in [0.25, 0.3) is 0 Å². The summed E-state index contributed by atoms with van der Waals surface area (Å²) in [5.74, 6) is 0. The van der Waals surface area contributed by atoms with Crippen molar-refractivity contribution in [1.82, 2.24) is 5.32 Å². The molecule has 0 radical (unpaired) electrons. The van der Waals surface area contributed by atoms with Crippen molar-refractivity contribution < 1.29 is 11.7 Å². The highest BCUT2D eigenvalue weighted by Crippen LogP contribution is 2.60. The highest BCUT2D eigenvalue weighted by Gasteiger charge is 2.23. The third kappa shape index (κ3) is 4.13. The van der Waals surface area contributed by atoms with Gasteiger partial charge < -0.3 is 5.32 Å². The van der Waals surface area contributed by atoms with E-state index in [1.165, 1.54) is 12.1 Å². The van der Waals surface area contributed by atoms with Crippen LogP contribution in [0.15, 0.2) is 29.2 Å². The fraction of sp³-hybridized carbons (Fsp3) is 0.400. The average molecular weight is 237 g/mol. The van der Waals surface area contributed by atoms with Crippen molar-refractivity contribution >= 4 is 11.2 Å². The van der Waals surface area contributed by atoms with Crippen LogP contribution in [0.5, 0.6) is 0 Å². The van der Waals surface area contributed by atoms with Crippen LogP contribution in [0.4, 0.5) is 11.7 Å². The Morgan fingerprint density at radius 3 is 2.47 bits per heavy atom. The molecule has 0 aliphatic heterocycles. The van der Waals surface area contributed by atoms with Crippen LogP contribution in [0.3, 0.4) is 0 Å². The SMILES string of the molecule is CC(C)NCc1cccc(S(F)(F)F)c1. The van der Waals surface area contributed by atoms with Gasteiger partial charge in [-0.3, -0.25) is 0 Å². The van der Waals surface area contributed by atoms with Gasteiger partial charge in [-0.25, -0.2) is 0 Å². The summed E-state index contributed by atoms with van der Waals surface area (Å²) in [6.07, 6.45) is 0. The molecule has 0 saturated carbocycles. The van der Waals surface area contributed by atoms with E-state index < -0.39 is 16.1 Å². The molecular formula is C10H14F3NS. The Hall–Kier alpha value is -0.680. The smallest absolute Gasteiger partial charge is 0.237 e. The predicted molar refractivity (Wildman–Crippen MR) is 57.6 cm³/mol. The molecule has 0 spiro atoms. The zero-order valence-electron chi connectivity index (χ0n) is 8.64. The van der Waals surface area contributed by atoms with Crippen molar-refractivity contribution in [1.29, 1.82) is 0 Å². The summed E-state index contributed by atoms with van der Waals surface area (Å²) in [7, 11) is 0. The fourth-order valence-electron chi connectivity index (χ4n) is 1.12. The molecule has 0 unspecified atom stereocenters. The second-order valence-electron chi connectivity index (χ2n) is 3.59. The van der Waals surface area contributed by atoms with Gasteiger partial charge in [0, 0.05) is 12.6 Å². The van der Waals surface area contributed by atoms with E-state index in [-0.39, 0.29) is 6.04 Å². The maximum Gasteiger partial charge on any atom is 0.237 e. The summed E-state index contributed by atoms with van der Waals surface area (Å²) in [4.78, 5) is -0.509. The normalized spacial score (nSPS) is 13.2. The van der Waals surface area contributed by atoms with Crippen molar-refractivity contribution in [3.05, 3.63) is 29.8 Å². The van der Waals surface area contributed by atoms with Gasteiger partial charge in [-0.1, -0.05) is 26.0 Å². The maximum atomic E-state index is 12.4. The molecule has 1 aromatic carbocycles. The third-order valence-corrected chi connectivity index (χ3v) is 2.67. The molecule has 1 nitrogen and oxygen atoms in total. The van der Waals surface area contributed by atoms with Crippen LogP contribution in [-0.4, -0.2) is 6.04 Å². The molecular weight excluding hydrogens is 223 g/mol. The first-order chi connectivity index (χ1) is 6.89. The zero-order valence-corrected chi connectivity index (χ0v) is 9.45. The summed E-state index contributed by atoms with van der Waals surface area (Å²) in [5.41, 5.74) is 0.672. The number of nitrogens with one attached hydrogen (secondary N) is 1. The lowest BCUT2D eigenvalue weighted by atomic mass is 10.2. The lowest BCUT2D eigenvalue weighted by Crippen LogP contribution is -2.21. The number of rotatable bonds is 4. The van der Waals surface area contributed by atoms with Crippen LogP contribution < -0.4 is 5.32 Å². The first-order valence-corrected chi connectivity index (χ1v) is 5.97. The third-order valence-electron chi connectivity index (χ3n) is 1.88. The lowest BCUT2D eigenvalue weighted by molar-refractivity contribution is 0.587. The summed E-state index contributed by atoms with van der Waals surface area (Å²) < 4.78 is 37.3. The Bertz CT molecular complexity index is 323. The van der Waals surface area contributed by atoms with Gasteiger partial charge in [-0.2, -0.15) is 0 Å². The van der Waals surface area contributed by atoms with Crippen LogP contribution >= 0.6 is 11.2 Å². The van der Waals surface area contributed by atoms with E-state index in [0.717, 1.165) is 6.07 Å². The molecule has 0 fully saturated rings. The Morgan fingerprint density at radius 2 is 1.93 bits per heavy atom. The van der Waals surface area contributed by atoms with Crippen molar-refractivity contribution in [3.63, 3.8) is 0 Å². The molecule has 1 aromatic rings. The van der Waals surface area contributed by atoms with E-state index in [1.54, 1.807) is 6.07 Å². The molecule has 86 valence electrons. The zero-order chi connectivity index (χ0) is 11.5. The van der Waals surface area contributed by atoms with Gasteiger partial charge in [0.15, 0.2) is 0 Å². The Kier molecular flexibility index (Phi) is 4.04. The fourth-order valence-corrected chi connectivity index (χ4v) is 1.64. The van der Waals surface area contributed by atoms with E-state index in [2.05, 4.69) is 5.32 Å². The highest BCUT2D eigenvalue weighted by atomic mass is 32.3. The molecule has 0 heterocycles. The standard InChI is InChI=1S/C10H14F3NS/c1-8(2)14-7-9-4-3-5-10(6-9)15(11,12)13/h3-6,8,14H,7H2,1-2H3. The number of benzene rings is 1. The molecule has 0 aliphatic carbocycles. The van der Waals surface area contributed by atoms with Gasteiger partial charge in [0.1, 0.15) is 0 Å². The van der Waals surface area contributed by atoms with Crippen molar-refractivity contribution in [2.75, 3.05) is 0 Å². The van der Waals surface area contributed by atoms with Crippen LogP contribution in [0.25, 0.3) is 0 Å². The largest absolute Gasteiger partial charge is 0.310 e. The number of halogens is 3. The molecule has 0 bridgehead atoms. The number of hydrogen-bond acceptors (Lipinski definition) is 1. The second-order valence-corrected chi connectivity index (χ2v) is 4.87. The van der Waals surface area contributed by atoms with E-state index in [0.29, 0.717) is 12.1 Å². The molecule has 0 aliphatic rings. The quantitative estimate of drug-likeness (QED) is 0.834. The van der Waals surface area contributed by atoms with Gasteiger partial charge in [0.05, 0.1) is 4.90 Å². The molecule has 0 amide bonds. The first kappa shape index (κ1) is 12.4. The van der Waals surface area contributed by atoms with Crippen molar-refractivity contribution in [3.8, 4) is 0 Å². The van der Waals surface area contributed by atoms with Gasteiger partial charge in [-0.15, -0.1) is 11.7 Å². The van der Waals surface area contributed by atoms with E-state index in [1.807, 2.05) is 13.8 Å². The van der Waals surface area contributed by atoms with Crippen LogP contribution in [0.1, 0.15) is 19.4 Å². The van der Waals surface area contributed by atoms with Crippen LogP contribution in [-0.2, 0) is 6.54 Å². The Labute approximate surface area is 89.9 Å². The summed E-state index contributed by atoms with van der Waals surface area (Å²) in [6, 6.07) is 5.75. The Balaban J connectivity index is 2.75. The Morgan fingerprint density at radius 1 is 1.27 bits per heavy atom. The van der Waals surface area contributed by atoms with Gasteiger partial charge in [-0.05, 0) is 17.7 Å². The first-order valence-electron chi connectivity index (χ1n) is 4.64. The summed E-state index contributed by atoms with van der Waals surface area (Å²) in [5, 5.41) is 3.08. The molecule has 5 heteroatoms. The predicted octanol–water partition coefficient (Wildman–Crippen LogP) is 4.00. The maximum absolute atomic E-state index is 12.4. The highest BCUT2D eigenvalue weighted by molar-refractivity contribution is 8.20. The lowest BCUT2D eigenvalue weighted by Gasteiger charge is -2.12. The minimum atomic E-state index is -5.09. The molecule has 0 atom stereocenters. The van der Waals surface area contributed by atoms with E-state index in [4.69, 9.17) is 0 Å². The average Bonchev–Trinajstić information content (AvgIpc) is 2.14. The van der Waals surface area contributed by atoms with Crippen LogP contribution in [0.2, 0.25) is 0 Å². The van der Waals surface area contributed by atoms with Crippen molar-refractivity contribution in [2.45, 2.75) is 31.3 Å². The van der Waals surface area contributed by atoms with Crippen molar-refractivity contribution in [2.24, 2.45) is 0 Å². The van der Waals surface area contributed by atoms with E-state index >= 15 is 0 Å². The minimum Gasteiger partial charge on any atom is -0.310 e. The molecule has 1 rings (SSSR count). The number of hydrogen-bond donors (Lipinski definition) is 1. The second kappa shape index (κ2) is 4.90. The molecule has 0 saturated heterocycles. The molecule has 15 heavy (non-hydrogen) atoms.